The van der Waals surface area contributed by atoms with Gasteiger partial charge in [0.1, 0.15) is 10.7 Å². The molecule has 0 aliphatic carbocycles. The molecule has 1 saturated heterocycles. The van der Waals surface area contributed by atoms with Crippen LogP contribution in [0.2, 0.25) is 0 Å². The van der Waals surface area contributed by atoms with E-state index in [0.29, 0.717) is 59.1 Å². The third-order valence-electron chi connectivity index (χ3n) is 7.28. The third kappa shape index (κ3) is 7.54. The van der Waals surface area contributed by atoms with Gasteiger partial charge in [-0.05, 0) is 66.8 Å². The molecule has 1 aliphatic rings. The normalized spacial score (nSPS) is 16.4. The van der Waals surface area contributed by atoms with Crippen LogP contribution in [0.4, 0.5) is 0 Å². The summed E-state index contributed by atoms with van der Waals surface area (Å²) in [5.74, 6) is 2.69. The number of nitrogens with one attached hydrogen (secondary N) is 1. The van der Waals surface area contributed by atoms with Crippen LogP contribution in [-0.2, 0) is 14.6 Å². The summed E-state index contributed by atoms with van der Waals surface area (Å²) < 4.78 is 61.7. The maximum Gasteiger partial charge on any atom is 0.203 e. The highest BCUT2D eigenvalue weighted by atomic mass is 32.2. The van der Waals surface area contributed by atoms with E-state index in [1.165, 1.54) is 7.11 Å². The largest absolute Gasteiger partial charge is 0.493 e. The smallest absolute Gasteiger partial charge is 0.203 e. The fourth-order valence-corrected chi connectivity index (χ4v) is 7.38. The highest BCUT2D eigenvalue weighted by Crippen LogP contribution is 2.48. The zero-order valence-corrected chi connectivity index (χ0v) is 27.3. The molecular weight excluding hydrogens is 604 g/mol. The molecule has 3 N–H and O–H groups in total. The van der Waals surface area contributed by atoms with Crippen LogP contribution >= 0.6 is 11.8 Å². The monoisotopic (exact) mass is 644 g/mol. The van der Waals surface area contributed by atoms with E-state index in [-0.39, 0.29) is 41.0 Å². The van der Waals surface area contributed by atoms with Crippen molar-refractivity contribution >= 4 is 27.4 Å². The van der Waals surface area contributed by atoms with Gasteiger partial charge in [-0.2, -0.15) is 0 Å². The van der Waals surface area contributed by atoms with Crippen molar-refractivity contribution in [1.29, 1.82) is 5.41 Å². The minimum atomic E-state index is -3.67. The Labute approximate surface area is 263 Å². The third-order valence-corrected chi connectivity index (χ3v) is 10.2. The fraction of sp³-hybridized carbons (Fsp3) is 0.406. The van der Waals surface area contributed by atoms with Crippen molar-refractivity contribution in [1.82, 2.24) is 0 Å². The Hall–Kier alpha value is -3.61. The number of thioether (sulfide) groups is 1. The Balaban J connectivity index is 1.56. The molecule has 12 heteroatoms. The van der Waals surface area contributed by atoms with E-state index >= 15 is 0 Å². The fourth-order valence-electron chi connectivity index (χ4n) is 5.14. The van der Waals surface area contributed by atoms with Crippen molar-refractivity contribution in [2.75, 3.05) is 46.6 Å². The Morgan fingerprint density at radius 3 is 1.93 bits per heavy atom. The Bertz CT molecular complexity index is 1540. The quantitative estimate of drug-likeness (QED) is 0.0883. The molecule has 0 aromatic heterocycles. The Morgan fingerprint density at radius 2 is 1.43 bits per heavy atom. The molecular formula is C32H40N2O8S2. The van der Waals surface area contributed by atoms with Gasteiger partial charge in [0.15, 0.2) is 32.8 Å². The molecule has 10 nitrogen and oxygen atoms in total. The molecule has 44 heavy (non-hydrogen) atoms. The average Bonchev–Trinajstić information content (AvgIpc) is 3.52. The van der Waals surface area contributed by atoms with Crippen molar-refractivity contribution in [3.05, 3.63) is 65.2 Å². The van der Waals surface area contributed by atoms with E-state index < -0.39 is 9.84 Å². The van der Waals surface area contributed by atoms with Gasteiger partial charge in [-0.1, -0.05) is 19.1 Å². The van der Waals surface area contributed by atoms with E-state index in [1.54, 1.807) is 57.4 Å². The van der Waals surface area contributed by atoms with Crippen LogP contribution in [0.5, 0.6) is 28.7 Å². The summed E-state index contributed by atoms with van der Waals surface area (Å²) in [6.45, 7) is 2.09. The summed E-state index contributed by atoms with van der Waals surface area (Å²) in [6.07, 6.45) is 1.24. The molecule has 0 amide bonds. The van der Waals surface area contributed by atoms with Crippen LogP contribution in [0.3, 0.4) is 0 Å². The molecule has 3 aromatic rings. The second kappa shape index (κ2) is 14.9. The van der Waals surface area contributed by atoms with Crippen molar-refractivity contribution in [2.24, 2.45) is 5.73 Å². The van der Waals surface area contributed by atoms with E-state index in [2.05, 4.69) is 0 Å². The summed E-state index contributed by atoms with van der Waals surface area (Å²) in [5, 5.41) is 7.54. The van der Waals surface area contributed by atoms with Crippen molar-refractivity contribution in [3.8, 4) is 28.7 Å². The molecule has 1 heterocycles. The molecule has 4 rings (SSSR count). The van der Waals surface area contributed by atoms with Gasteiger partial charge in [-0.3, -0.25) is 5.41 Å². The molecule has 2 atom stereocenters. The highest BCUT2D eigenvalue weighted by molar-refractivity contribution is 7.99. The zero-order valence-electron chi connectivity index (χ0n) is 25.7. The molecule has 1 fully saturated rings. The summed E-state index contributed by atoms with van der Waals surface area (Å²) in [4.78, 5) is 1.09. The van der Waals surface area contributed by atoms with Gasteiger partial charge >= 0.3 is 0 Å². The molecule has 238 valence electrons. The van der Waals surface area contributed by atoms with Crippen LogP contribution in [0.1, 0.15) is 55.1 Å². The molecule has 1 aliphatic heterocycles. The maximum absolute atomic E-state index is 13.5. The van der Waals surface area contributed by atoms with Gasteiger partial charge in [-0.25, -0.2) is 8.42 Å². The Morgan fingerprint density at radius 1 is 0.886 bits per heavy atom. The van der Waals surface area contributed by atoms with Crippen LogP contribution in [0, 0.1) is 5.41 Å². The number of nitrogen functional groups attached to an aromatic ring is 1. The van der Waals surface area contributed by atoms with E-state index in [4.69, 9.17) is 39.6 Å². The van der Waals surface area contributed by atoms with E-state index in [1.807, 2.05) is 31.2 Å². The number of hydrogen-bond acceptors (Lipinski definition) is 10. The highest BCUT2D eigenvalue weighted by Gasteiger charge is 2.32. The van der Waals surface area contributed by atoms with Gasteiger partial charge in [0, 0.05) is 16.2 Å². The topological polar surface area (TPSA) is 139 Å². The summed E-state index contributed by atoms with van der Waals surface area (Å²) in [7, 11) is 2.53. The first-order chi connectivity index (χ1) is 21.1. The number of rotatable bonds is 15. The van der Waals surface area contributed by atoms with Crippen molar-refractivity contribution in [2.45, 2.75) is 48.2 Å². The van der Waals surface area contributed by atoms with Gasteiger partial charge < -0.3 is 34.2 Å². The SMILES string of the molecule is CCCS(=O)(=O)c1cc([C@@H]2CC[C@@H](c3cc(OC)c(OC)c(OC)c3)O2)cc(OC)c1OCCSc1ccc(C(=N)N)cc1. The molecule has 0 saturated carbocycles. The molecule has 0 unspecified atom stereocenters. The van der Waals surface area contributed by atoms with E-state index in [0.717, 1.165) is 10.5 Å². The minimum Gasteiger partial charge on any atom is -0.493 e. The number of methoxy groups -OCH3 is 4. The van der Waals surface area contributed by atoms with Gasteiger partial charge in [0.25, 0.3) is 0 Å². The van der Waals surface area contributed by atoms with Crippen molar-refractivity contribution in [3.63, 3.8) is 0 Å². The number of sulfone groups is 1. The van der Waals surface area contributed by atoms with Gasteiger partial charge in [0.2, 0.25) is 5.75 Å². The number of hydrogen-bond donors (Lipinski definition) is 2. The second-order valence-corrected chi connectivity index (χ2v) is 13.4. The number of benzene rings is 3. The predicted molar refractivity (Wildman–Crippen MR) is 171 cm³/mol. The summed E-state index contributed by atoms with van der Waals surface area (Å²) in [6, 6.07) is 14.6. The lowest BCUT2D eigenvalue weighted by Gasteiger charge is -2.21. The number of amidine groups is 1. The maximum atomic E-state index is 13.5. The van der Waals surface area contributed by atoms with Crippen LogP contribution in [0.15, 0.2) is 58.3 Å². The summed E-state index contributed by atoms with van der Waals surface area (Å²) in [5.41, 5.74) is 7.78. The predicted octanol–water partition coefficient (Wildman–Crippen LogP) is 5.95. The Kier molecular flexibility index (Phi) is 11.3. The van der Waals surface area contributed by atoms with Gasteiger partial charge in [0.05, 0.1) is 53.0 Å². The average molecular weight is 645 g/mol. The van der Waals surface area contributed by atoms with Crippen molar-refractivity contribution < 1.29 is 36.8 Å². The first kappa shape index (κ1) is 33.3. The second-order valence-electron chi connectivity index (χ2n) is 10.2. The number of nitrogens with two attached hydrogens (primary N) is 1. The molecule has 0 radical (unpaired) electrons. The lowest BCUT2D eigenvalue weighted by molar-refractivity contribution is 0.0435. The van der Waals surface area contributed by atoms with Gasteiger partial charge in [-0.15, -0.1) is 11.8 Å². The lowest BCUT2D eigenvalue weighted by atomic mass is 10.0. The molecule has 0 spiro atoms. The standard InChI is InChI=1S/C32H40N2O8S2/c1-6-15-44(35,36)29-19-22(25-12-11-24(42-25)21-16-26(37-2)30(40-5)27(17-21)38-3)18-28(39-4)31(29)41-13-14-43-23-9-7-20(8-10-23)32(33)34/h7-10,16-19,24-25H,6,11-15H2,1-5H3,(H3,33,34)/t24-,25-/m0/s1. The molecule has 0 bridgehead atoms. The minimum absolute atomic E-state index is 0.0148. The number of ether oxygens (including phenoxy) is 6. The lowest BCUT2D eigenvalue weighted by Crippen LogP contribution is -2.13. The summed E-state index contributed by atoms with van der Waals surface area (Å²) >= 11 is 1.55. The first-order valence-corrected chi connectivity index (χ1v) is 16.9. The van der Waals surface area contributed by atoms with Crippen LogP contribution in [0.25, 0.3) is 0 Å². The first-order valence-electron chi connectivity index (χ1n) is 14.3. The van der Waals surface area contributed by atoms with Crippen LogP contribution in [-0.4, -0.2) is 60.8 Å². The van der Waals surface area contributed by atoms with E-state index in [9.17, 15) is 8.42 Å². The molecule has 3 aromatic carbocycles. The zero-order chi connectivity index (χ0) is 31.9. The van der Waals surface area contributed by atoms with Crippen LogP contribution < -0.4 is 29.4 Å².